The first-order chi connectivity index (χ1) is 9.16. The maximum Gasteiger partial charge on any atom is 0.0527 e. The van der Waals surface area contributed by atoms with Crippen LogP contribution in [0.1, 0.15) is 41.6 Å². The first kappa shape index (κ1) is 11.5. The minimum atomic E-state index is 0.0879. The van der Waals surface area contributed by atoms with E-state index >= 15 is 0 Å². The summed E-state index contributed by atoms with van der Waals surface area (Å²) in [5.41, 5.74) is 7.26. The minimum Gasteiger partial charge on any atom is -0.395 e. The third-order valence-corrected chi connectivity index (χ3v) is 5.41. The van der Waals surface area contributed by atoms with Crippen LogP contribution in [-0.2, 0) is 18.4 Å². The predicted octanol–water partition coefficient (Wildman–Crippen LogP) is 3.23. The number of hydrogen-bond acceptors (Lipinski definition) is 1. The number of rotatable bonds is 2. The van der Waals surface area contributed by atoms with E-state index in [0.29, 0.717) is 6.61 Å². The molecule has 4 rings (SSSR count). The summed E-state index contributed by atoms with van der Waals surface area (Å²) in [6.45, 7) is 5.94. The van der Waals surface area contributed by atoms with Crippen LogP contribution in [0.2, 0.25) is 0 Å². The zero-order valence-electron chi connectivity index (χ0n) is 11.8. The van der Waals surface area contributed by atoms with Crippen molar-refractivity contribution in [3.63, 3.8) is 0 Å². The molecule has 1 aliphatic heterocycles. The molecule has 1 aromatic carbocycles. The van der Waals surface area contributed by atoms with Gasteiger partial charge in [-0.3, -0.25) is 0 Å². The van der Waals surface area contributed by atoms with Gasteiger partial charge in [-0.05, 0) is 62.3 Å². The lowest BCUT2D eigenvalue weighted by molar-refractivity contribution is 0.255. The zero-order valence-corrected chi connectivity index (χ0v) is 11.8. The van der Waals surface area contributed by atoms with Crippen molar-refractivity contribution in [2.45, 2.75) is 51.5 Å². The van der Waals surface area contributed by atoms with E-state index in [1.165, 1.54) is 46.1 Å². The van der Waals surface area contributed by atoms with E-state index in [9.17, 15) is 5.11 Å². The molecule has 0 amide bonds. The number of aliphatic hydroxyl groups excluding tert-OH is 1. The normalized spacial score (nSPS) is 19.9. The van der Waals surface area contributed by atoms with Crippen molar-refractivity contribution in [2.75, 3.05) is 6.61 Å². The number of hydrogen-bond donors (Lipinski definition) is 1. The molecule has 2 aliphatic rings. The lowest BCUT2D eigenvalue weighted by Crippen LogP contribution is -2.14. The van der Waals surface area contributed by atoms with Crippen LogP contribution in [0.15, 0.2) is 12.1 Å². The van der Waals surface area contributed by atoms with E-state index in [2.05, 4.69) is 30.5 Å². The molecule has 1 aromatic heterocycles. The van der Waals surface area contributed by atoms with Crippen molar-refractivity contribution < 1.29 is 5.11 Å². The molecule has 0 radical (unpaired) electrons. The first-order valence-electron chi connectivity index (χ1n) is 7.40. The molecule has 0 spiro atoms. The van der Waals surface area contributed by atoms with E-state index < -0.39 is 0 Å². The molecule has 100 valence electrons. The van der Waals surface area contributed by atoms with E-state index in [-0.39, 0.29) is 5.41 Å². The molecule has 0 unspecified atom stereocenters. The van der Waals surface area contributed by atoms with Crippen LogP contribution in [0, 0.1) is 13.8 Å². The molecule has 0 saturated heterocycles. The van der Waals surface area contributed by atoms with Crippen LogP contribution < -0.4 is 0 Å². The summed E-state index contributed by atoms with van der Waals surface area (Å²) in [6.07, 6.45) is 4.72. The molecule has 2 heterocycles. The Morgan fingerprint density at radius 3 is 2.74 bits per heavy atom. The highest BCUT2D eigenvalue weighted by Gasteiger charge is 2.44. The van der Waals surface area contributed by atoms with Gasteiger partial charge >= 0.3 is 0 Å². The zero-order chi connectivity index (χ0) is 13.2. The summed E-state index contributed by atoms with van der Waals surface area (Å²) in [4.78, 5) is 0. The Labute approximate surface area is 114 Å². The van der Waals surface area contributed by atoms with E-state index in [4.69, 9.17) is 0 Å². The quantitative estimate of drug-likeness (QED) is 0.875. The second-order valence-electron chi connectivity index (χ2n) is 6.44. The van der Waals surface area contributed by atoms with Gasteiger partial charge in [0.15, 0.2) is 0 Å². The fourth-order valence-corrected chi connectivity index (χ4v) is 3.76. The van der Waals surface area contributed by atoms with Gasteiger partial charge < -0.3 is 9.67 Å². The molecule has 0 bridgehead atoms. The van der Waals surface area contributed by atoms with Crippen molar-refractivity contribution in [3.05, 3.63) is 34.5 Å². The largest absolute Gasteiger partial charge is 0.395 e. The number of nitrogens with zero attached hydrogens (tertiary/aromatic N) is 1. The minimum absolute atomic E-state index is 0.0879. The standard InChI is InChI=1S/C17H21NO/c1-11-12(2)18-7-3-4-13-8-14(9-15(11)16(13)18)17(10-19)5-6-17/h8-9,19H,3-7,10H2,1-2H3. The lowest BCUT2D eigenvalue weighted by Gasteiger charge is -2.20. The Balaban J connectivity index is 2.04. The second-order valence-corrected chi connectivity index (χ2v) is 6.44. The van der Waals surface area contributed by atoms with E-state index in [1.807, 2.05) is 0 Å². The van der Waals surface area contributed by atoms with Crippen LogP contribution in [0.3, 0.4) is 0 Å². The molecule has 1 N–H and O–H groups in total. The Bertz CT molecular complexity index is 676. The van der Waals surface area contributed by atoms with Crippen molar-refractivity contribution in [1.29, 1.82) is 0 Å². The summed E-state index contributed by atoms with van der Waals surface area (Å²) >= 11 is 0. The Morgan fingerprint density at radius 2 is 2.05 bits per heavy atom. The summed E-state index contributed by atoms with van der Waals surface area (Å²) in [5.74, 6) is 0. The van der Waals surface area contributed by atoms with Gasteiger partial charge in [0.05, 0.1) is 12.1 Å². The average molecular weight is 255 g/mol. The Hall–Kier alpha value is -1.28. The molecule has 1 saturated carbocycles. The number of aliphatic hydroxyl groups is 1. The molecule has 1 aliphatic carbocycles. The fraction of sp³-hybridized carbons (Fsp3) is 0.529. The van der Waals surface area contributed by atoms with Gasteiger partial charge in [0.2, 0.25) is 0 Å². The third kappa shape index (κ3) is 1.41. The van der Waals surface area contributed by atoms with E-state index in [1.54, 1.807) is 0 Å². The first-order valence-corrected chi connectivity index (χ1v) is 7.40. The summed E-state index contributed by atoms with van der Waals surface area (Å²) in [7, 11) is 0. The highest BCUT2D eigenvalue weighted by molar-refractivity contribution is 5.89. The molecule has 2 heteroatoms. The topological polar surface area (TPSA) is 25.2 Å². The SMILES string of the molecule is Cc1c(C)n2c3c(cc(C4(CO)CC4)cc13)CCC2. The van der Waals surface area contributed by atoms with Crippen LogP contribution >= 0.6 is 0 Å². The molecular formula is C17H21NO. The molecule has 0 atom stereocenters. The lowest BCUT2D eigenvalue weighted by atomic mass is 9.91. The van der Waals surface area contributed by atoms with Gasteiger partial charge in [0.1, 0.15) is 0 Å². The third-order valence-electron chi connectivity index (χ3n) is 5.41. The average Bonchev–Trinajstić information content (AvgIpc) is 3.20. The van der Waals surface area contributed by atoms with Crippen molar-refractivity contribution >= 4 is 10.9 Å². The van der Waals surface area contributed by atoms with Crippen LogP contribution in [-0.4, -0.2) is 16.3 Å². The van der Waals surface area contributed by atoms with Crippen LogP contribution in [0.5, 0.6) is 0 Å². The fourth-order valence-electron chi connectivity index (χ4n) is 3.76. The van der Waals surface area contributed by atoms with Crippen molar-refractivity contribution in [2.24, 2.45) is 0 Å². The molecule has 1 fully saturated rings. The summed E-state index contributed by atoms with van der Waals surface area (Å²) in [5, 5.41) is 11.1. The maximum absolute atomic E-state index is 9.68. The molecular weight excluding hydrogens is 234 g/mol. The van der Waals surface area contributed by atoms with Gasteiger partial charge in [-0.1, -0.05) is 6.07 Å². The van der Waals surface area contributed by atoms with Crippen molar-refractivity contribution in [1.82, 2.24) is 4.57 Å². The van der Waals surface area contributed by atoms with Crippen LogP contribution in [0.25, 0.3) is 10.9 Å². The summed E-state index contributed by atoms with van der Waals surface area (Å²) in [6, 6.07) is 4.73. The Morgan fingerprint density at radius 1 is 1.26 bits per heavy atom. The highest BCUT2D eigenvalue weighted by Crippen LogP contribution is 2.49. The maximum atomic E-state index is 9.68. The predicted molar refractivity (Wildman–Crippen MR) is 77.7 cm³/mol. The monoisotopic (exact) mass is 255 g/mol. The summed E-state index contributed by atoms with van der Waals surface area (Å²) < 4.78 is 2.49. The van der Waals surface area contributed by atoms with Crippen molar-refractivity contribution in [3.8, 4) is 0 Å². The van der Waals surface area contributed by atoms with E-state index in [0.717, 1.165) is 19.4 Å². The second kappa shape index (κ2) is 3.63. The number of benzene rings is 1. The van der Waals surface area contributed by atoms with Crippen LogP contribution in [0.4, 0.5) is 0 Å². The molecule has 2 nitrogen and oxygen atoms in total. The van der Waals surface area contributed by atoms with Gasteiger partial charge in [0.25, 0.3) is 0 Å². The van der Waals surface area contributed by atoms with Gasteiger partial charge in [-0.2, -0.15) is 0 Å². The highest BCUT2D eigenvalue weighted by atomic mass is 16.3. The van der Waals surface area contributed by atoms with Gasteiger partial charge in [-0.15, -0.1) is 0 Å². The van der Waals surface area contributed by atoms with Gasteiger partial charge in [0, 0.05) is 23.0 Å². The molecule has 2 aromatic rings. The number of aryl methyl sites for hydroxylation is 3. The smallest absolute Gasteiger partial charge is 0.0527 e. The molecule has 19 heavy (non-hydrogen) atoms. The number of aromatic nitrogens is 1. The van der Waals surface area contributed by atoms with Gasteiger partial charge in [-0.25, -0.2) is 0 Å². The Kier molecular flexibility index (Phi) is 2.21.